The van der Waals surface area contributed by atoms with E-state index in [1.807, 2.05) is 6.07 Å². The van der Waals surface area contributed by atoms with Crippen LogP contribution in [0.1, 0.15) is 463 Å². The summed E-state index contributed by atoms with van der Waals surface area (Å²) in [5, 5.41) is 41.0. The van der Waals surface area contributed by atoms with Crippen LogP contribution in [0.5, 0.6) is 0 Å². The molecule has 0 amide bonds. The van der Waals surface area contributed by atoms with Gasteiger partial charge in [0.05, 0.1) is 11.2 Å². The molecule has 0 saturated carbocycles. The summed E-state index contributed by atoms with van der Waals surface area (Å²) in [6.45, 7) is 17.4. The Bertz CT molecular complexity index is 3130. The molecule has 5 aromatic rings. The fourth-order valence-corrected chi connectivity index (χ4v) is 18.6. The third-order valence-corrected chi connectivity index (χ3v) is 25.6. The Morgan fingerprint density at radius 1 is 0.317 bits per heavy atom. The first kappa shape index (κ1) is 85.9. The van der Waals surface area contributed by atoms with Crippen molar-refractivity contribution in [2.75, 3.05) is 0 Å². The van der Waals surface area contributed by atoms with Crippen LogP contribution >= 0.6 is 0 Å². The van der Waals surface area contributed by atoms with Crippen molar-refractivity contribution < 1.29 is 37.4 Å². The lowest BCUT2D eigenvalue weighted by molar-refractivity contribution is 0.00578. The fraction of sp³-hybridized carbons (Fsp3) is 0.800. The maximum atomic E-state index is 20.5. The van der Waals surface area contributed by atoms with Crippen LogP contribution < -0.4 is 10.9 Å². The second kappa shape index (κ2) is 46.1. The van der Waals surface area contributed by atoms with Gasteiger partial charge in [0.25, 0.3) is 0 Å². The first-order chi connectivity index (χ1) is 50.7. The van der Waals surface area contributed by atoms with E-state index in [-0.39, 0.29) is 27.6 Å². The summed E-state index contributed by atoms with van der Waals surface area (Å²) in [6.07, 6.45) is 70.7. The number of halogens is 2. The predicted octanol–water partition coefficient (Wildman–Crippen LogP) is 27.0. The lowest BCUT2D eigenvalue weighted by Crippen LogP contribution is -2.41. The summed E-state index contributed by atoms with van der Waals surface area (Å²) in [6, 6.07) is 3.98. The first-order valence-corrected chi connectivity index (χ1v) is 44.6. The molecule has 2 N–H and O–H groups in total. The molecule has 2 aliphatic carbocycles. The number of hydrogen-bond acceptors (Lipinski definition) is 10. The monoisotopic (exact) mass is 1440 g/mol. The van der Waals surface area contributed by atoms with Crippen LogP contribution in [-0.4, -0.2) is 56.1 Å². The lowest BCUT2D eigenvalue weighted by Gasteiger charge is -2.35. The van der Waals surface area contributed by atoms with E-state index in [1.54, 1.807) is 0 Å². The van der Waals surface area contributed by atoms with Gasteiger partial charge in [-0.1, -0.05) is 410 Å². The zero-order chi connectivity index (χ0) is 73.9. The molecule has 8 rings (SSSR count). The van der Waals surface area contributed by atoms with E-state index in [0.717, 1.165) is 108 Å². The molecular weight excluding hydrogens is 1290 g/mol. The van der Waals surface area contributed by atoms with Gasteiger partial charge in [-0.15, -0.1) is 0 Å². The summed E-state index contributed by atoms with van der Waals surface area (Å²) < 4.78 is 66.2. The summed E-state index contributed by atoms with van der Waals surface area (Å²) in [7, 11) is -2.75. The number of unbranched alkanes of at least 4 members (excludes halogenated alkanes) is 52. The van der Waals surface area contributed by atoms with Gasteiger partial charge in [-0.3, -0.25) is 0 Å². The number of aromatic nitrogens is 4. The van der Waals surface area contributed by atoms with Gasteiger partial charge in [0.2, 0.25) is 0 Å². The van der Waals surface area contributed by atoms with Gasteiger partial charge in [-0.05, 0) is 74.8 Å². The van der Waals surface area contributed by atoms with Crippen LogP contribution in [0.4, 0.5) is 8.78 Å². The van der Waals surface area contributed by atoms with Crippen molar-refractivity contribution in [3.05, 3.63) is 46.0 Å². The highest BCUT2D eigenvalue weighted by atomic mass is 19.1. The molecule has 0 unspecified atom stereocenters. The molecule has 10 nitrogen and oxygen atoms in total. The van der Waals surface area contributed by atoms with Gasteiger partial charge < -0.3 is 19.4 Å². The maximum Gasteiger partial charge on any atom is 0.497 e. The Kier molecular flexibility index (Phi) is 38.1. The second-order valence-corrected chi connectivity index (χ2v) is 34.3. The molecular formula is C90H148B2F2N4O6. The molecule has 0 atom stereocenters. The van der Waals surface area contributed by atoms with Gasteiger partial charge in [0, 0.05) is 55.1 Å². The SMILES string of the molecule is CCCCCCCCCCCCCCCCC1(CCCCCCCCCCCCCCCC)c2cc(B(O)O)c3nonc3c2-c2c(F)c3c(c(F)c21)-c1c(cc(B2OC(C)(C)C(C)(C)O2)c2nonc12)C3(CCCCCCCCCCCCCCCC)CCCCCCCCCCCCCCCC. The third kappa shape index (κ3) is 23.4. The second-order valence-electron chi connectivity index (χ2n) is 34.3. The first-order valence-electron chi connectivity index (χ1n) is 44.6. The van der Waals surface area contributed by atoms with Crippen LogP contribution in [0.25, 0.3) is 44.3 Å². The quantitative estimate of drug-likeness (QED) is 0.0286. The molecule has 14 heteroatoms. The van der Waals surface area contributed by atoms with Crippen molar-refractivity contribution >= 4 is 47.2 Å². The minimum absolute atomic E-state index is 0.147. The van der Waals surface area contributed by atoms with Crippen molar-refractivity contribution in [2.24, 2.45) is 0 Å². The largest absolute Gasteiger partial charge is 0.497 e. The minimum atomic E-state index is -1.92. The molecule has 584 valence electrons. The number of hydrogen-bond donors (Lipinski definition) is 2. The predicted molar refractivity (Wildman–Crippen MR) is 435 cm³/mol. The van der Waals surface area contributed by atoms with Crippen LogP contribution in [0.2, 0.25) is 0 Å². The van der Waals surface area contributed by atoms with E-state index in [4.69, 9.17) is 23.7 Å². The molecule has 104 heavy (non-hydrogen) atoms. The van der Waals surface area contributed by atoms with Gasteiger partial charge in [-0.25, -0.2) is 18.0 Å². The molecule has 0 bridgehead atoms. The molecule has 2 aromatic heterocycles. The van der Waals surface area contributed by atoms with Gasteiger partial charge >= 0.3 is 14.2 Å². The molecule has 1 aliphatic heterocycles. The molecule has 3 aromatic carbocycles. The van der Waals surface area contributed by atoms with Crippen molar-refractivity contribution in [3.8, 4) is 22.3 Å². The molecule has 3 aliphatic rings. The zero-order valence-electron chi connectivity index (χ0n) is 67.8. The summed E-state index contributed by atoms with van der Waals surface area (Å²) in [5.74, 6) is -0.839. The summed E-state index contributed by atoms with van der Waals surface area (Å²) >= 11 is 0. The van der Waals surface area contributed by atoms with Gasteiger partial charge in [-0.2, -0.15) is 0 Å². The number of fused-ring (bicyclic) bond motifs is 10. The summed E-state index contributed by atoms with van der Waals surface area (Å²) in [4.78, 5) is 0. The molecule has 0 spiro atoms. The highest BCUT2D eigenvalue weighted by Crippen LogP contribution is 2.65. The van der Waals surface area contributed by atoms with E-state index in [2.05, 4.69) is 76.9 Å². The Labute approximate surface area is 632 Å². The molecule has 0 radical (unpaired) electrons. The Balaban J connectivity index is 1.18. The topological polar surface area (TPSA) is 137 Å². The normalized spacial score (nSPS) is 15.3. The van der Waals surface area contributed by atoms with Crippen molar-refractivity contribution in [3.63, 3.8) is 0 Å². The van der Waals surface area contributed by atoms with E-state index in [1.165, 1.54) is 257 Å². The molecule has 1 saturated heterocycles. The number of nitrogens with zero attached hydrogens (tertiary/aromatic N) is 4. The smallest absolute Gasteiger partial charge is 0.423 e. The van der Waals surface area contributed by atoms with Crippen molar-refractivity contribution in [1.29, 1.82) is 0 Å². The van der Waals surface area contributed by atoms with E-state index < -0.39 is 47.9 Å². The summed E-state index contributed by atoms with van der Waals surface area (Å²) in [5.41, 5.74) is 2.60. The van der Waals surface area contributed by atoms with E-state index in [9.17, 15) is 10.0 Å². The van der Waals surface area contributed by atoms with E-state index >= 15 is 8.78 Å². The lowest BCUT2D eigenvalue weighted by atomic mass is 9.66. The minimum Gasteiger partial charge on any atom is -0.423 e. The van der Waals surface area contributed by atoms with Gasteiger partial charge in [0.15, 0.2) is 0 Å². The number of benzene rings is 3. The zero-order valence-corrected chi connectivity index (χ0v) is 67.8. The standard InChI is InChI=1S/C90H148B2F2N4O6/c1-9-13-17-21-25-29-33-37-41-45-49-53-57-61-65-89(66-62-58-54-50-46-42-38-34-30-26-22-18-14-10-2)71-69-73(91(99)100)83-85(97-103-95-83)75(71)77-79(89)82(94)78-76-72(70-74(84-86(76)98-104-96-84)92-101-87(5,6)88(7,8)102-92)90(80(78)81(77)93,67-63-59-55-51-47-43-39-35-31-27-23-19-15-11-3)68-64-60-56-52-48-44-40-36-32-28-24-20-16-12-4/h69-70,99-100H,9-68H2,1-8H3. The average Bonchev–Trinajstić information content (AvgIpc) is 1.50. The molecule has 1 fully saturated rings. The Morgan fingerprint density at radius 2 is 0.548 bits per heavy atom. The Morgan fingerprint density at radius 3 is 0.817 bits per heavy atom. The molecule has 3 heterocycles. The van der Waals surface area contributed by atoms with Crippen LogP contribution in [-0.2, 0) is 20.1 Å². The van der Waals surface area contributed by atoms with Gasteiger partial charge in [0.1, 0.15) is 33.7 Å². The highest BCUT2D eigenvalue weighted by molar-refractivity contribution is 6.65. The van der Waals surface area contributed by atoms with Crippen LogP contribution in [0.3, 0.4) is 0 Å². The maximum absolute atomic E-state index is 20.5. The Hall–Kier alpha value is -3.71. The third-order valence-electron chi connectivity index (χ3n) is 25.6. The van der Waals surface area contributed by atoms with Crippen LogP contribution in [0.15, 0.2) is 21.4 Å². The fourth-order valence-electron chi connectivity index (χ4n) is 18.6. The van der Waals surface area contributed by atoms with Crippen molar-refractivity contribution in [1.82, 2.24) is 20.6 Å². The highest BCUT2D eigenvalue weighted by Gasteiger charge is 2.57. The van der Waals surface area contributed by atoms with E-state index in [0.29, 0.717) is 70.0 Å². The average molecular weight is 1440 g/mol. The van der Waals surface area contributed by atoms with Crippen molar-refractivity contribution in [2.45, 2.75) is 463 Å². The van der Waals surface area contributed by atoms with Crippen LogP contribution in [0, 0.1) is 11.6 Å². The number of rotatable bonds is 62.